The molecule has 0 atom stereocenters. The van der Waals surface area contributed by atoms with E-state index in [0.29, 0.717) is 19.0 Å². The lowest BCUT2D eigenvalue weighted by Crippen LogP contribution is -2.50. The molecule has 0 radical (unpaired) electrons. The van der Waals surface area contributed by atoms with Crippen LogP contribution in [-0.4, -0.2) is 46.7 Å². The molecule has 1 fully saturated rings. The summed E-state index contributed by atoms with van der Waals surface area (Å²) in [5.74, 6) is -0.219. The van der Waals surface area contributed by atoms with Gasteiger partial charge in [0.25, 0.3) is 0 Å². The zero-order chi connectivity index (χ0) is 14.7. The van der Waals surface area contributed by atoms with E-state index in [1.54, 1.807) is 6.07 Å². The second kappa shape index (κ2) is 6.04. The van der Waals surface area contributed by atoms with Crippen LogP contribution < -0.4 is 5.32 Å². The Morgan fingerprint density at radius 1 is 1.55 bits per heavy atom. The van der Waals surface area contributed by atoms with E-state index >= 15 is 0 Å². The molecule has 2 rings (SSSR count). The summed E-state index contributed by atoms with van der Waals surface area (Å²) in [7, 11) is 0. The molecule has 0 aliphatic carbocycles. The highest BCUT2D eigenvalue weighted by atomic mass is 16.5. The van der Waals surface area contributed by atoms with Gasteiger partial charge in [-0.15, -0.1) is 0 Å². The third-order valence-electron chi connectivity index (χ3n) is 3.25. The van der Waals surface area contributed by atoms with Gasteiger partial charge in [0.1, 0.15) is 0 Å². The molecule has 1 aliphatic rings. The summed E-state index contributed by atoms with van der Waals surface area (Å²) in [6.07, 6.45) is 0.165. The summed E-state index contributed by atoms with van der Waals surface area (Å²) < 4.78 is 5.03. The molecule has 1 saturated heterocycles. The van der Waals surface area contributed by atoms with Crippen molar-refractivity contribution in [1.29, 1.82) is 0 Å². The predicted octanol–water partition coefficient (Wildman–Crippen LogP) is 1.14. The Morgan fingerprint density at radius 3 is 2.80 bits per heavy atom. The maximum atomic E-state index is 11.8. The number of carbonyl (C=O) groups is 2. The highest BCUT2D eigenvalue weighted by Crippen LogP contribution is 2.20. The normalized spacial score (nSPS) is 16.1. The van der Waals surface area contributed by atoms with Crippen LogP contribution in [0.5, 0.6) is 0 Å². The van der Waals surface area contributed by atoms with E-state index in [9.17, 15) is 9.59 Å². The van der Waals surface area contributed by atoms with Gasteiger partial charge in [0, 0.05) is 19.2 Å². The van der Waals surface area contributed by atoms with E-state index in [2.05, 4.69) is 10.5 Å². The molecule has 0 aromatic carbocycles. The molecule has 1 aromatic rings. The van der Waals surface area contributed by atoms with Gasteiger partial charge in [0.15, 0.2) is 0 Å². The van der Waals surface area contributed by atoms with Crippen LogP contribution in [0.4, 0.5) is 5.88 Å². The zero-order valence-corrected chi connectivity index (χ0v) is 11.6. The highest BCUT2D eigenvalue weighted by Gasteiger charge is 2.29. The van der Waals surface area contributed by atoms with E-state index < -0.39 is 5.97 Å². The van der Waals surface area contributed by atoms with E-state index in [1.165, 1.54) is 0 Å². The first-order valence-electron chi connectivity index (χ1n) is 6.64. The van der Waals surface area contributed by atoms with Crippen molar-refractivity contribution >= 4 is 17.8 Å². The van der Waals surface area contributed by atoms with Crippen molar-refractivity contribution < 1.29 is 19.2 Å². The molecule has 7 heteroatoms. The average Bonchev–Trinajstić information content (AvgIpc) is 2.74. The van der Waals surface area contributed by atoms with Gasteiger partial charge in [-0.1, -0.05) is 19.0 Å². The van der Waals surface area contributed by atoms with Gasteiger partial charge >= 0.3 is 5.97 Å². The van der Waals surface area contributed by atoms with Crippen LogP contribution in [0.1, 0.15) is 31.9 Å². The number of anilines is 1. The topological polar surface area (TPSA) is 95.7 Å². The summed E-state index contributed by atoms with van der Waals surface area (Å²) >= 11 is 0. The number of aromatic nitrogens is 1. The van der Waals surface area contributed by atoms with Crippen LogP contribution >= 0.6 is 0 Å². The zero-order valence-electron chi connectivity index (χ0n) is 11.6. The van der Waals surface area contributed by atoms with Crippen LogP contribution in [0.25, 0.3) is 0 Å². The highest BCUT2D eigenvalue weighted by molar-refractivity contribution is 5.91. The number of rotatable bonds is 6. The lowest BCUT2D eigenvalue weighted by atomic mass is 9.96. The average molecular weight is 281 g/mol. The molecule has 2 N–H and O–H groups in total. The van der Waals surface area contributed by atoms with Crippen molar-refractivity contribution in [2.75, 3.05) is 25.0 Å². The summed E-state index contributed by atoms with van der Waals surface area (Å²) in [6, 6.07) is 1.71. The van der Waals surface area contributed by atoms with Gasteiger partial charge in [-0.05, 0) is 11.8 Å². The minimum atomic E-state index is -0.790. The second-order valence-electron chi connectivity index (χ2n) is 5.48. The molecule has 110 valence electrons. The first-order valence-corrected chi connectivity index (χ1v) is 6.64. The van der Waals surface area contributed by atoms with Crippen LogP contribution in [-0.2, 0) is 9.59 Å². The number of nitrogens with one attached hydrogen (secondary N) is 1. The van der Waals surface area contributed by atoms with E-state index in [1.807, 2.05) is 18.7 Å². The Morgan fingerprint density at radius 2 is 2.25 bits per heavy atom. The lowest BCUT2D eigenvalue weighted by molar-refractivity contribution is -0.139. The Labute approximate surface area is 116 Å². The minimum Gasteiger partial charge on any atom is -0.481 e. The molecule has 20 heavy (non-hydrogen) atoms. The third kappa shape index (κ3) is 3.80. The van der Waals surface area contributed by atoms with Crippen molar-refractivity contribution in [1.82, 2.24) is 10.1 Å². The number of carboxylic acid groups (broad SMARTS) is 1. The lowest BCUT2D eigenvalue weighted by Gasteiger charge is -2.37. The summed E-state index contributed by atoms with van der Waals surface area (Å²) in [5.41, 5.74) is 0.797. The van der Waals surface area contributed by atoms with Gasteiger partial charge in [-0.25, -0.2) is 0 Å². The molecular weight excluding hydrogens is 262 g/mol. The van der Waals surface area contributed by atoms with Crippen LogP contribution in [0.3, 0.4) is 0 Å². The number of likely N-dealkylation sites (tertiary alicyclic amines) is 1. The Hall–Kier alpha value is -1.89. The summed E-state index contributed by atoms with van der Waals surface area (Å²) in [4.78, 5) is 24.2. The number of aliphatic carboxylic acids is 1. The molecule has 0 saturated carbocycles. The van der Waals surface area contributed by atoms with Gasteiger partial charge in [0.05, 0.1) is 18.7 Å². The van der Waals surface area contributed by atoms with Gasteiger partial charge in [0.2, 0.25) is 11.8 Å². The van der Waals surface area contributed by atoms with Crippen molar-refractivity contribution in [3.8, 4) is 0 Å². The number of amides is 1. The summed E-state index contributed by atoms with van der Waals surface area (Å²) in [6.45, 7) is 5.52. The molecule has 1 aromatic heterocycles. The van der Waals surface area contributed by atoms with Crippen molar-refractivity contribution in [2.24, 2.45) is 5.92 Å². The number of hydrogen-bond acceptors (Lipinski definition) is 5. The fourth-order valence-electron chi connectivity index (χ4n) is 2.18. The number of hydrogen-bond donors (Lipinski definition) is 2. The SMILES string of the molecule is CC(C)c1cc(NC(=O)CN2CC(CC(=O)O)C2)on1. The van der Waals surface area contributed by atoms with Crippen molar-refractivity contribution in [3.05, 3.63) is 11.8 Å². The largest absolute Gasteiger partial charge is 0.481 e. The fourth-order valence-corrected chi connectivity index (χ4v) is 2.18. The molecule has 0 unspecified atom stereocenters. The van der Waals surface area contributed by atoms with Crippen LogP contribution in [0, 0.1) is 5.92 Å². The van der Waals surface area contributed by atoms with E-state index in [-0.39, 0.29) is 30.7 Å². The molecule has 2 heterocycles. The molecule has 1 aliphatic heterocycles. The quantitative estimate of drug-likeness (QED) is 0.812. The molecule has 0 spiro atoms. The first kappa shape index (κ1) is 14.5. The van der Waals surface area contributed by atoms with E-state index in [4.69, 9.17) is 9.63 Å². The Kier molecular flexibility index (Phi) is 4.39. The predicted molar refractivity (Wildman–Crippen MR) is 71.4 cm³/mol. The van der Waals surface area contributed by atoms with Gasteiger partial charge in [-0.3, -0.25) is 19.8 Å². The third-order valence-corrected chi connectivity index (χ3v) is 3.25. The summed E-state index contributed by atoms with van der Waals surface area (Å²) in [5, 5.41) is 15.1. The smallest absolute Gasteiger partial charge is 0.303 e. The number of nitrogens with zero attached hydrogens (tertiary/aromatic N) is 2. The fraction of sp³-hybridized carbons (Fsp3) is 0.615. The molecule has 1 amide bonds. The van der Waals surface area contributed by atoms with Crippen molar-refractivity contribution in [3.63, 3.8) is 0 Å². The van der Waals surface area contributed by atoms with Crippen molar-refractivity contribution in [2.45, 2.75) is 26.2 Å². The van der Waals surface area contributed by atoms with Crippen LogP contribution in [0.2, 0.25) is 0 Å². The minimum absolute atomic E-state index is 0.151. The van der Waals surface area contributed by atoms with Gasteiger partial charge < -0.3 is 9.63 Å². The second-order valence-corrected chi connectivity index (χ2v) is 5.48. The standard InChI is InChI=1S/C13H19N3O4/c1-8(2)10-4-12(20-15-10)14-11(17)7-16-5-9(6-16)3-13(18)19/h4,8-9H,3,5-7H2,1-2H3,(H,14,17)(H,18,19). The molecular formula is C13H19N3O4. The Balaban J connectivity index is 1.72. The van der Waals surface area contributed by atoms with Crippen LogP contribution in [0.15, 0.2) is 10.6 Å². The number of carbonyl (C=O) groups excluding carboxylic acids is 1. The first-order chi connectivity index (χ1) is 9.44. The Bertz CT molecular complexity index is 492. The molecule has 0 bridgehead atoms. The molecule has 7 nitrogen and oxygen atoms in total. The maximum absolute atomic E-state index is 11.8. The van der Waals surface area contributed by atoms with Gasteiger partial charge in [-0.2, -0.15) is 0 Å². The maximum Gasteiger partial charge on any atom is 0.303 e. The number of carboxylic acids is 1. The van der Waals surface area contributed by atoms with E-state index in [0.717, 1.165) is 5.69 Å². The monoisotopic (exact) mass is 281 g/mol.